The van der Waals surface area contributed by atoms with Crippen LogP contribution in [0.1, 0.15) is 62.4 Å². The van der Waals surface area contributed by atoms with Crippen molar-refractivity contribution < 1.29 is 4.39 Å². The molecule has 3 aromatic rings. The van der Waals surface area contributed by atoms with Crippen LogP contribution in [-0.4, -0.2) is 61.2 Å². The highest BCUT2D eigenvalue weighted by Crippen LogP contribution is 2.34. The van der Waals surface area contributed by atoms with Crippen molar-refractivity contribution in [2.75, 3.05) is 25.5 Å². The van der Waals surface area contributed by atoms with Gasteiger partial charge >= 0.3 is 0 Å². The predicted octanol–water partition coefficient (Wildman–Crippen LogP) is 4.48. The van der Waals surface area contributed by atoms with Crippen molar-refractivity contribution >= 4 is 17.5 Å². The molecule has 0 bridgehead atoms. The Labute approximate surface area is 223 Å². The Hall–Kier alpha value is -3.30. The van der Waals surface area contributed by atoms with Crippen molar-refractivity contribution in [2.45, 2.75) is 70.6 Å². The van der Waals surface area contributed by atoms with Gasteiger partial charge < -0.3 is 9.88 Å². The molecule has 3 aromatic heterocycles. The standard InChI is InChI=1S/C29H38FN7O/c1-6-26-24(18-34(5)19(2)3)29(38)37-28(36(26)16-20(4)32-27-11-10-22(30)15-31-27)14-25(33-37)21-12-13-35(17-21)23-8-7-9-23/h6,10-11,14-15,19,21,23H,1,4,7-9,12-13,16-18H2,2-3,5H3,(H,31,32). The van der Waals surface area contributed by atoms with E-state index in [0.717, 1.165) is 30.9 Å². The molecule has 2 aliphatic rings. The van der Waals surface area contributed by atoms with E-state index in [1.54, 1.807) is 16.7 Å². The van der Waals surface area contributed by atoms with E-state index >= 15 is 0 Å². The lowest BCUT2D eigenvalue weighted by Gasteiger charge is -2.34. The van der Waals surface area contributed by atoms with Crippen LogP contribution in [0.2, 0.25) is 0 Å². The van der Waals surface area contributed by atoms with Crippen LogP contribution in [0.3, 0.4) is 0 Å². The minimum absolute atomic E-state index is 0.113. The van der Waals surface area contributed by atoms with Crippen LogP contribution < -0.4 is 10.9 Å². The van der Waals surface area contributed by atoms with E-state index in [2.05, 4.69) is 53.2 Å². The fraction of sp³-hybridized carbons (Fsp3) is 0.483. The van der Waals surface area contributed by atoms with Gasteiger partial charge in [0.25, 0.3) is 5.56 Å². The number of anilines is 1. The summed E-state index contributed by atoms with van der Waals surface area (Å²) in [4.78, 5) is 22.6. The number of halogens is 1. The molecule has 8 nitrogen and oxygen atoms in total. The Morgan fingerprint density at radius 3 is 2.74 bits per heavy atom. The highest BCUT2D eigenvalue weighted by Gasteiger charge is 2.33. The second-order valence-corrected chi connectivity index (χ2v) is 11.0. The van der Waals surface area contributed by atoms with Crippen LogP contribution >= 0.6 is 0 Å². The number of hydrogen-bond donors (Lipinski definition) is 1. The first kappa shape index (κ1) is 26.3. The van der Waals surface area contributed by atoms with E-state index < -0.39 is 5.82 Å². The molecule has 2 fully saturated rings. The summed E-state index contributed by atoms with van der Waals surface area (Å²) in [6, 6.07) is 5.96. The summed E-state index contributed by atoms with van der Waals surface area (Å²) in [5.74, 6) is 0.414. The van der Waals surface area contributed by atoms with E-state index in [4.69, 9.17) is 5.10 Å². The average Bonchev–Trinajstić information content (AvgIpc) is 3.50. The molecule has 0 spiro atoms. The number of likely N-dealkylation sites (tertiary alicyclic amines) is 1. The molecule has 1 atom stereocenters. The zero-order chi connectivity index (χ0) is 27.0. The van der Waals surface area contributed by atoms with Crippen molar-refractivity contribution in [1.29, 1.82) is 0 Å². The number of nitrogens with one attached hydrogen (secondary N) is 1. The second kappa shape index (κ2) is 10.8. The topological polar surface area (TPSA) is 70.7 Å². The van der Waals surface area contributed by atoms with Crippen LogP contribution in [-0.2, 0) is 13.1 Å². The number of nitrogens with zero attached hydrogens (tertiary/aromatic N) is 6. The van der Waals surface area contributed by atoms with Crippen LogP contribution in [0.5, 0.6) is 0 Å². The molecule has 1 aliphatic carbocycles. The third-order valence-electron chi connectivity index (χ3n) is 8.13. The molecule has 0 aromatic carbocycles. The Morgan fingerprint density at radius 2 is 2.11 bits per heavy atom. The van der Waals surface area contributed by atoms with Crippen molar-refractivity contribution in [2.24, 2.45) is 0 Å². The molecule has 0 radical (unpaired) electrons. The monoisotopic (exact) mass is 519 g/mol. The van der Waals surface area contributed by atoms with E-state index in [0.29, 0.717) is 47.8 Å². The number of hydrogen-bond acceptors (Lipinski definition) is 6. The number of rotatable bonds is 10. The molecule has 1 N–H and O–H groups in total. The summed E-state index contributed by atoms with van der Waals surface area (Å²) < 4.78 is 16.9. The lowest BCUT2D eigenvalue weighted by molar-refractivity contribution is 0.157. The second-order valence-electron chi connectivity index (χ2n) is 11.0. The molecule has 0 amide bonds. The van der Waals surface area contributed by atoms with Gasteiger partial charge in [0.2, 0.25) is 0 Å². The SMILES string of the molecule is C=Cc1c(CN(C)C(C)C)c(=O)n2nc(C3CCN(C4CCC4)C3)cc2n1CC(=C)Nc1ccc(F)cn1. The van der Waals surface area contributed by atoms with E-state index in [-0.39, 0.29) is 11.6 Å². The molecular formula is C29H38FN7O. The highest BCUT2D eigenvalue weighted by atomic mass is 19.1. The number of pyridine rings is 1. The summed E-state index contributed by atoms with van der Waals surface area (Å²) in [6.07, 6.45) is 7.86. The van der Waals surface area contributed by atoms with Gasteiger partial charge in [0.15, 0.2) is 0 Å². The van der Waals surface area contributed by atoms with E-state index in [1.165, 1.54) is 31.5 Å². The summed E-state index contributed by atoms with van der Waals surface area (Å²) in [5.41, 5.74) is 3.61. The largest absolute Gasteiger partial charge is 0.343 e. The van der Waals surface area contributed by atoms with Crippen LogP contribution in [0.4, 0.5) is 10.2 Å². The molecule has 38 heavy (non-hydrogen) atoms. The summed E-state index contributed by atoms with van der Waals surface area (Å²) in [7, 11) is 2.01. The highest BCUT2D eigenvalue weighted by molar-refractivity contribution is 5.55. The van der Waals surface area contributed by atoms with E-state index in [9.17, 15) is 9.18 Å². The summed E-state index contributed by atoms with van der Waals surface area (Å²) in [6.45, 7) is 15.4. The number of allylic oxidation sites excluding steroid dienone is 1. The minimum Gasteiger partial charge on any atom is -0.343 e. The fourth-order valence-electron chi connectivity index (χ4n) is 5.41. The Morgan fingerprint density at radius 1 is 1.32 bits per heavy atom. The predicted molar refractivity (Wildman–Crippen MR) is 150 cm³/mol. The third-order valence-corrected chi connectivity index (χ3v) is 8.13. The maximum Gasteiger partial charge on any atom is 0.279 e. The molecule has 202 valence electrons. The fourth-order valence-corrected chi connectivity index (χ4v) is 5.41. The van der Waals surface area contributed by atoms with Crippen LogP contribution in [0, 0.1) is 5.82 Å². The van der Waals surface area contributed by atoms with Gasteiger partial charge in [-0.15, -0.1) is 0 Å². The first-order chi connectivity index (χ1) is 18.2. The van der Waals surface area contributed by atoms with Crippen LogP contribution in [0.25, 0.3) is 11.7 Å². The minimum atomic E-state index is -0.397. The van der Waals surface area contributed by atoms with Crippen LogP contribution in [0.15, 0.2) is 48.0 Å². The third kappa shape index (κ3) is 5.17. The van der Waals surface area contributed by atoms with Gasteiger partial charge in [0, 0.05) is 42.9 Å². The number of fused-ring (bicyclic) bond motifs is 1. The van der Waals surface area contributed by atoms with Gasteiger partial charge in [-0.25, -0.2) is 9.37 Å². The molecule has 5 rings (SSSR count). The Kier molecular flexibility index (Phi) is 7.49. The average molecular weight is 520 g/mol. The summed E-state index contributed by atoms with van der Waals surface area (Å²) >= 11 is 0. The van der Waals surface area contributed by atoms with Gasteiger partial charge in [-0.2, -0.15) is 9.61 Å². The van der Waals surface area contributed by atoms with Gasteiger partial charge in [-0.05, 0) is 64.9 Å². The van der Waals surface area contributed by atoms with Crippen molar-refractivity contribution in [1.82, 2.24) is 29.0 Å². The quantitative estimate of drug-likeness (QED) is 0.426. The molecule has 1 aliphatic heterocycles. The molecule has 1 saturated carbocycles. The smallest absolute Gasteiger partial charge is 0.279 e. The molecule has 1 saturated heterocycles. The van der Waals surface area contributed by atoms with Crippen molar-refractivity contribution in [3.05, 3.63) is 76.4 Å². The van der Waals surface area contributed by atoms with Gasteiger partial charge in [0.05, 0.1) is 29.7 Å². The number of aromatic nitrogens is 4. The molecular weight excluding hydrogens is 481 g/mol. The summed E-state index contributed by atoms with van der Waals surface area (Å²) in [5, 5.41) is 8.05. The molecule has 4 heterocycles. The molecule has 1 unspecified atom stereocenters. The Balaban J connectivity index is 1.53. The Bertz CT molecular complexity index is 1390. The van der Waals surface area contributed by atoms with E-state index in [1.807, 2.05) is 11.6 Å². The first-order valence-electron chi connectivity index (χ1n) is 13.5. The molecule has 9 heteroatoms. The maximum absolute atomic E-state index is 13.8. The maximum atomic E-state index is 13.8. The van der Waals surface area contributed by atoms with Crippen molar-refractivity contribution in [3.63, 3.8) is 0 Å². The lowest BCUT2D eigenvalue weighted by Crippen LogP contribution is -2.38. The zero-order valence-electron chi connectivity index (χ0n) is 22.7. The first-order valence-corrected chi connectivity index (χ1v) is 13.5. The van der Waals surface area contributed by atoms with Gasteiger partial charge in [-0.1, -0.05) is 19.6 Å². The van der Waals surface area contributed by atoms with Gasteiger partial charge in [0.1, 0.15) is 17.3 Å². The normalized spacial score (nSPS) is 18.4. The zero-order valence-corrected chi connectivity index (χ0v) is 22.7. The lowest BCUT2D eigenvalue weighted by atomic mass is 9.92. The van der Waals surface area contributed by atoms with Gasteiger partial charge in [-0.3, -0.25) is 14.6 Å². The van der Waals surface area contributed by atoms with Crippen molar-refractivity contribution in [3.8, 4) is 0 Å².